The summed E-state index contributed by atoms with van der Waals surface area (Å²) in [4.78, 5) is 57.5. The number of carbonyl (C=O) groups is 5. The maximum Gasteiger partial charge on any atom is 0.372 e. The molecule has 0 aliphatic heterocycles. The first kappa shape index (κ1) is 34.6. The molecule has 34 heavy (non-hydrogen) atoms. The number of nitrogens with zero attached hydrogens (tertiary/aromatic N) is 2. The fraction of sp³-hybridized carbons (Fsp3) is 0.588. The number of hydrogen-bond donors (Lipinski definition) is 10. The van der Waals surface area contributed by atoms with E-state index < -0.39 is 54.6 Å². The molecule has 0 aromatic rings. The Hall–Kier alpha value is -3.99. The van der Waals surface area contributed by atoms with Crippen molar-refractivity contribution in [1.29, 1.82) is 0 Å². The van der Waals surface area contributed by atoms with Crippen LogP contribution < -0.4 is 34.4 Å². The monoisotopic (exact) mass is 494 g/mol. The van der Waals surface area contributed by atoms with Gasteiger partial charge in [0, 0.05) is 19.5 Å². The highest BCUT2D eigenvalue weighted by atomic mass is 16.4. The third-order valence-corrected chi connectivity index (χ3v) is 3.37. The number of guanidine groups is 2. The lowest BCUT2D eigenvalue weighted by Gasteiger charge is -2.03. The van der Waals surface area contributed by atoms with Crippen LogP contribution in [0.4, 0.5) is 0 Å². The topological polar surface area (TPSA) is 347 Å². The van der Waals surface area contributed by atoms with Gasteiger partial charge in [-0.15, -0.1) is 0 Å². The van der Waals surface area contributed by atoms with Gasteiger partial charge < -0.3 is 54.8 Å². The minimum atomic E-state index is -1.58. The SMILES string of the molecule is NC(N)=NCCC[C@H](N)C(=O)O.NC(N)=NCCC[C@H](N)C(=O)O.O=C(O)CCC(=O)C(=O)O. The highest BCUT2D eigenvalue weighted by Crippen LogP contribution is 1.95. The molecule has 196 valence electrons. The van der Waals surface area contributed by atoms with Crippen molar-refractivity contribution < 1.29 is 44.4 Å². The Bertz CT molecular complexity index is 680. The molecule has 17 nitrogen and oxygen atoms in total. The maximum atomic E-state index is 10.2. The van der Waals surface area contributed by atoms with Crippen LogP contribution in [0, 0.1) is 0 Å². The summed E-state index contributed by atoms with van der Waals surface area (Å²) in [7, 11) is 0. The van der Waals surface area contributed by atoms with Crippen molar-refractivity contribution in [3.05, 3.63) is 0 Å². The van der Waals surface area contributed by atoms with Crippen LogP contribution in [0.5, 0.6) is 0 Å². The van der Waals surface area contributed by atoms with Gasteiger partial charge >= 0.3 is 23.9 Å². The molecular weight excluding hydrogens is 460 g/mol. The minimum Gasteiger partial charge on any atom is -0.481 e. The lowest BCUT2D eigenvalue weighted by atomic mass is 10.2. The first-order valence-electron chi connectivity index (χ1n) is 9.67. The fourth-order valence-electron chi connectivity index (χ4n) is 1.61. The number of Topliss-reactive ketones (excluding diaryl/α,β-unsaturated/α-hetero) is 1. The lowest BCUT2D eigenvalue weighted by Crippen LogP contribution is -2.30. The maximum absolute atomic E-state index is 10.2. The van der Waals surface area contributed by atoms with Crippen LogP contribution in [0.15, 0.2) is 9.98 Å². The van der Waals surface area contributed by atoms with E-state index >= 15 is 0 Å². The Morgan fingerprint density at radius 3 is 1.24 bits per heavy atom. The van der Waals surface area contributed by atoms with Crippen molar-refractivity contribution in [2.24, 2.45) is 44.4 Å². The van der Waals surface area contributed by atoms with E-state index in [0.717, 1.165) is 0 Å². The molecule has 0 bridgehead atoms. The third kappa shape index (κ3) is 28.0. The van der Waals surface area contributed by atoms with Crippen LogP contribution in [0.25, 0.3) is 0 Å². The first-order valence-corrected chi connectivity index (χ1v) is 9.67. The molecule has 0 saturated heterocycles. The zero-order chi connectivity index (χ0) is 27.3. The number of carbonyl (C=O) groups excluding carboxylic acids is 1. The number of hydrogen-bond acceptors (Lipinski definition) is 9. The van der Waals surface area contributed by atoms with Crippen molar-refractivity contribution >= 4 is 41.6 Å². The van der Waals surface area contributed by atoms with Crippen molar-refractivity contribution in [2.75, 3.05) is 13.1 Å². The summed E-state index contributed by atoms with van der Waals surface area (Å²) >= 11 is 0. The van der Waals surface area contributed by atoms with Gasteiger partial charge in [-0.25, -0.2) is 4.79 Å². The molecule has 0 fully saturated rings. The van der Waals surface area contributed by atoms with Crippen molar-refractivity contribution in [3.63, 3.8) is 0 Å². The van der Waals surface area contributed by atoms with Crippen LogP contribution >= 0.6 is 0 Å². The average molecular weight is 495 g/mol. The molecule has 0 radical (unpaired) electrons. The van der Waals surface area contributed by atoms with Gasteiger partial charge in [-0.1, -0.05) is 0 Å². The molecular formula is C17H34N8O9. The molecule has 0 spiro atoms. The van der Waals surface area contributed by atoms with E-state index in [9.17, 15) is 24.0 Å². The number of carboxylic acid groups (broad SMARTS) is 4. The van der Waals surface area contributed by atoms with E-state index in [2.05, 4.69) is 9.98 Å². The predicted octanol–water partition coefficient (Wildman–Crippen LogP) is -3.59. The molecule has 16 N–H and O–H groups in total. The van der Waals surface area contributed by atoms with E-state index in [1.807, 2.05) is 0 Å². The quantitative estimate of drug-likeness (QED) is 0.0482. The molecule has 0 aromatic heterocycles. The van der Waals surface area contributed by atoms with Gasteiger partial charge in [0.25, 0.3) is 0 Å². The molecule has 17 heteroatoms. The molecule has 0 saturated carbocycles. The summed E-state index contributed by atoms with van der Waals surface area (Å²) in [6.07, 6.45) is 1.05. The first-order chi connectivity index (χ1) is 15.6. The van der Waals surface area contributed by atoms with Gasteiger partial charge in [-0.3, -0.25) is 29.2 Å². The lowest BCUT2D eigenvalue weighted by molar-refractivity contribution is -0.149. The summed E-state index contributed by atoms with van der Waals surface area (Å²) in [6, 6.07) is -1.64. The summed E-state index contributed by atoms with van der Waals surface area (Å²) in [6.45, 7) is 0.840. The molecule has 0 unspecified atom stereocenters. The highest BCUT2D eigenvalue weighted by molar-refractivity contribution is 6.32. The van der Waals surface area contributed by atoms with E-state index in [0.29, 0.717) is 38.8 Å². The van der Waals surface area contributed by atoms with Crippen molar-refractivity contribution in [1.82, 2.24) is 0 Å². The van der Waals surface area contributed by atoms with E-state index in [1.165, 1.54) is 0 Å². The largest absolute Gasteiger partial charge is 0.481 e. The zero-order valence-electron chi connectivity index (χ0n) is 18.5. The smallest absolute Gasteiger partial charge is 0.372 e. The Balaban J connectivity index is -0.000000426. The van der Waals surface area contributed by atoms with Gasteiger partial charge in [0.1, 0.15) is 12.1 Å². The van der Waals surface area contributed by atoms with Gasteiger partial charge in [0.05, 0.1) is 6.42 Å². The predicted molar refractivity (Wildman–Crippen MR) is 121 cm³/mol. The Morgan fingerprint density at radius 1 is 0.647 bits per heavy atom. The van der Waals surface area contributed by atoms with Crippen LogP contribution in [-0.4, -0.2) is 87.2 Å². The number of carboxylic acids is 4. The van der Waals surface area contributed by atoms with Crippen molar-refractivity contribution in [3.8, 4) is 0 Å². The minimum absolute atomic E-state index is 0.0129. The number of ketones is 1. The molecule has 2 atom stereocenters. The van der Waals surface area contributed by atoms with E-state index in [-0.39, 0.29) is 11.9 Å². The molecule has 0 heterocycles. The average Bonchev–Trinajstić information content (AvgIpc) is 2.72. The third-order valence-electron chi connectivity index (χ3n) is 3.37. The fourth-order valence-corrected chi connectivity index (χ4v) is 1.61. The van der Waals surface area contributed by atoms with Gasteiger partial charge in [-0.05, 0) is 25.7 Å². The van der Waals surface area contributed by atoms with Crippen LogP contribution in [0.1, 0.15) is 38.5 Å². The molecule has 0 aliphatic carbocycles. The normalized spacial score (nSPS) is 11.1. The summed E-state index contributed by atoms with van der Waals surface area (Å²) in [5.41, 5.74) is 30.6. The van der Waals surface area contributed by atoms with Gasteiger partial charge in [-0.2, -0.15) is 0 Å². The molecule has 0 rings (SSSR count). The zero-order valence-corrected chi connectivity index (χ0v) is 18.5. The second-order valence-corrected chi connectivity index (χ2v) is 6.41. The Kier molecular flexibility index (Phi) is 21.3. The Labute approximate surface area is 194 Å². The summed E-state index contributed by atoms with van der Waals surface area (Å²) in [5, 5.41) is 32.7. The summed E-state index contributed by atoms with van der Waals surface area (Å²) < 4.78 is 0. The second kappa shape index (κ2) is 20.9. The molecule has 0 aliphatic rings. The van der Waals surface area contributed by atoms with Crippen molar-refractivity contribution in [2.45, 2.75) is 50.6 Å². The van der Waals surface area contributed by atoms with Crippen LogP contribution in [-0.2, 0) is 24.0 Å². The molecule has 0 amide bonds. The number of aliphatic imine (C=N–C) groups is 2. The van der Waals surface area contributed by atoms with E-state index in [4.69, 9.17) is 54.8 Å². The number of nitrogens with two attached hydrogens (primary N) is 6. The molecule has 0 aromatic carbocycles. The number of aliphatic carboxylic acids is 4. The van der Waals surface area contributed by atoms with E-state index in [1.54, 1.807) is 0 Å². The highest BCUT2D eigenvalue weighted by Gasteiger charge is 2.12. The Morgan fingerprint density at radius 2 is 1.00 bits per heavy atom. The van der Waals surface area contributed by atoms with Crippen LogP contribution in [0.3, 0.4) is 0 Å². The van der Waals surface area contributed by atoms with Gasteiger partial charge in [0.15, 0.2) is 11.9 Å². The standard InChI is InChI=1S/2C6H14N4O2.C5H6O5/c2*7-4(5(11)12)2-1-3-10-6(8)9;6-3(5(9)10)1-2-4(7)8/h2*4H,1-3,7H2,(H,11,12)(H4,8,9,10);1-2H2,(H,7,8)(H,9,10)/t2*4-;/m00./s1. The van der Waals surface area contributed by atoms with Crippen LogP contribution in [0.2, 0.25) is 0 Å². The summed E-state index contributed by atoms with van der Waals surface area (Å²) in [5.74, 6) is -5.80. The number of rotatable bonds is 14. The second-order valence-electron chi connectivity index (χ2n) is 6.41. The van der Waals surface area contributed by atoms with Gasteiger partial charge in [0.2, 0.25) is 5.78 Å².